The molecule has 1 aromatic carbocycles. The summed E-state index contributed by atoms with van der Waals surface area (Å²) < 4.78 is 15.2. The number of benzene rings is 1. The molecule has 0 aliphatic carbocycles. The third-order valence-electron chi connectivity index (χ3n) is 4.22. The van der Waals surface area contributed by atoms with Crippen molar-refractivity contribution in [3.8, 4) is 5.75 Å². The van der Waals surface area contributed by atoms with Crippen molar-refractivity contribution in [2.45, 2.75) is 13.8 Å². The number of aldehydes is 1. The standard InChI is InChI=1S/C22H24N2O8S/c1-5-30-22(29)18-13(2)19(21(28)24(3)4)33-20(18)23-16(26)11-32-17(27)12-31-15-8-6-14(10-25)7-9-15/h6-10H,5,11-12H2,1-4H3,(H,23,26). The van der Waals surface area contributed by atoms with E-state index in [1.807, 2.05) is 0 Å². The summed E-state index contributed by atoms with van der Waals surface area (Å²) in [4.78, 5) is 61.3. The largest absolute Gasteiger partial charge is 0.482 e. The van der Waals surface area contributed by atoms with Gasteiger partial charge in [0.05, 0.1) is 17.0 Å². The van der Waals surface area contributed by atoms with Crippen LogP contribution in [0.3, 0.4) is 0 Å². The minimum Gasteiger partial charge on any atom is -0.482 e. The van der Waals surface area contributed by atoms with Crippen LogP contribution in [0.15, 0.2) is 24.3 Å². The number of thiophene rings is 1. The molecular weight excluding hydrogens is 452 g/mol. The van der Waals surface area contributed by atoms with Crippen LogP contribution < -0.4 is 10.1 Å². The van der Waals surface area contributed by atoms with Gasteiger partial charge in [-0.2, -0.15) is 0 Å². The number of nitrogens with one attached hydrogen (secondary N) is 1. The van der Waals surface area contributed by atoms with E-state index in [-0.39, 0.29) is 28.0 Å². The van der Waals surface area contributed by atoms with Gasteiger partial charge in [-0.25, -0.2) is 9.59 Å². The summed E-state index contributed by atoms with van der Waals surface area (Å²) in [5, 5.41) is 2.63. The molecule has 0 saturated heterocycles. The number of nitrogens with zero attached hydrogens (tertiary/aromatic N) is 1. The normalized spacial score (nSPS) is 10.2. The van der Waals surface area contributed by atoms with E-state index in [1.165, 1.54) is 29.2 Å². The molecule has 0 saturated carbocycles. The molecule has 0 aliphatic rings. The highest BCUT2D eigenvalue weighted by molar-refractivity contribution is 7.18. The fourth-order valence-corrected chi connectivity index (χ4v) is 3.83. The first-order chi connectivity index (χ1) is 15.7. The molecule has 0 atom stereocenters. The average Bonchev–Trinajstić information content (AvgIpc) is 3.11. The summed E-state index contributed by atoms with van der Waals surface area (Å²) in [6, 6.07) is 6.10. The molecule has 176 valence electrons. The first-order valence-corrected chi connectivity index (χ1v) is 10.6. The Morgan fingerprint density at radius 1 is 1.06 bits per heavy atom. The van der Waals surface area contributed by atoms with E-state index in [0.29, 0.717) is 23.2 Å². The van der Waals surface area contributed by atoms with Gasteiger partial charge in [-0.3, -0.25) is 14.4 Å². The van der Waals surface area contributed by atoms with Gasteiger partial charge >= 0.3 is 11.9 Å². The van der Waals surface area contributed by atoms with Crippen LogP contribution in [-0.4, -0.2) is 68.9 Å². The van der Waals surface area contributed by atoms with Crippen LogP contribution >= 0.6 is 11.3 Å². The Morgan fingerprint density at radius 2 is 1.73 bits per heavy atom. The number of carbonyl (C=O) groups excluding carboxylic acids is 5. The Balaban J connectivity index is 2.00. The van der Waals surface area contributed by atoms with Gasteiger partial charge in [-0.15, -0.1) is 11.3 Å². The summed E-state index contributed by atoms with van der Waals surface area (Å²) in [7, 11) is 3.14. The molecule has 0 bridgehead atoms. The smallest absolute Gasteiger partial charge is 0.344 e. The lowest BCUT2D eigenvalue weighted by atomic mass is 10.1. The quantitative estimate of drug-likeness (QED) is 0.409. The zero-order chi connectivity index (χ0) is 24.5. The van der Waals surface area contributed by atoms with Crippen molar-refractivity contribution in [3.63, 3.8) is 0 Å². The fourth-order valence-electron chi connectivity index (χ4n) is 2.59. The van der Waals surface area contributed by atoms with Crippen molar-refractivity contribution >= 4 is 46.4 Å². The second kappa shape index (κ2) is 11.8. The van der Waals surface area contributed by atoms with Crippen LogP contribution in [0.5, 0.6) is 5.75 Å². The molecule has 33 heavy (non-hydrogen) atoms. The van der Waals surface area contributed by atoms with Gasteiger partial charge in [0.25, 0.3) is 11.8 Å². The maximum atomic E-state index is 12.4. The summed E-state index contributed by atoms with van der Waals surface area (Å²) >= 11 is 0.936. The maximum Gasteiger partial charge on any atom is 0.344 e. The summed E-state index contributed by atoms with van der Waals surface area (Å²) in [5.74, 6) is -2.14. The molecule has 1 N–H and O–H groups in total. The zero-order valence-electron chi connectivity index (χ0n) is 18.6. The zero-order valence-corrected chi connectivity index (χ0v) is 19.4. The van der Waals surface area contributed by atoms with Gasteiger partial charge in [-0.1, -0.05) is 0 Å². The van der Waals surface area contributed by atoms with Crippen molar-refractivity contribution in [2.75, 3.05) is 39.2 Å². The Morgan fingerprint density at radius 3 is 2.30 bits per heavy atom. The second-order valence-electron chi connectivity index (χ2n) is 6.86. The van der Waals surface area contributed by atoms with E-state index in [9.17, 15) is 24.0 Å². The number of anilines is 1. The molecule has 0 spiro atoms. The van der Waals surface area contributed by atoms with Crippen molar-refractivity contribution in [1.82, 2.24) is 4.90 Å². The third-order valence-corrected chi connectivity index (χ3v) is 5.41. The predicted molar refractivity (Wildman–Crippen MR) is 120 cm³/mol. The first-order valence-electron chi connectivity index (χ1n) is 9.83. The minimum absolute atomic E-state index is 0.0776. The van der Waals surface area contributed by atoms with Gasteiger partial charge in [-0.05, 0) is 43.7 Å². The van der Waals surface area contributed by atoms with E-state index in [0.717, 1.165) is 11.3 Å². The van der Waals surface area contributed by atoms with Crippen LogP contribution in [0.1, 0.15) is 42.9 Å². The SMILES string of the molecule is CCOC(=O)c1c(NC(=O)COC(=O)COc2ccc(C=O)cc2)sc(C(=O)N(C)C)c1C. The molecule has 2 rings (SSSR count). The number of ether oxygens (including phenoxy) is 3. The number of carbonyl (C=O) groups is 5. The van der Waals surface area contributed by atoms with Gasteiger partial charge in [0, 0.05) is 19.7 Å². The molecule has 10 nitrogen and oxygen atoms in total. The van der Waals surface area contributed by atoms with Gasteiger partial charge in [0.2, 0.25) is 0 Å². The topological polar surface area (TPSA) is 128 Å². The van der Waals surface area contributed by atoms with Crippen LogP contribution in [0.2, 0.25) is 0 Å². The Labute approximate surface area is 194 Å². The van der Waals surface area contributed by atoms with Crippen LogP contribution in [0.25, 0.3) is 0 Å². The molecule has 1 heterocycles. The molecule has 0 radical (unpaired) electrons. The van der Waals surface area contributed by atoms with Gasteiger partial charge in [0.1, 0.15) is 17.0 Å². The molecule has 2 aromatic rings. The second-order valence-corrected chi connectivity index (χ2v) is 7.89. The molecule has 0 unspecified atom stereocenters. The van der Waals surface area contributed by atoms with Crippen molar-refractivity contribution in [2.24, 2.45) is 0 Å². The van der Waals surface area contributed by atoms with E-state index in [1.54, 1.807) is 27.9 Å². The highest BCUT2D eigenvalue weighted by atomic mass is 32.1. The highest BCUT2D eigenvalue weighted by Crippen LogP contribution is 2.34. The van der Waals surface area contributed by atoms with Gasteiger partial charge in [0.15, 0.2) is 13.2 Å². The van der Waals surface area contributed by atoms with E-state index in [4.69, 9.17) is 14.2 Å². The molecule has 2 amide bonds. The van der Waals surface area contributed by atoms with Crippen molar-refractivity contribution < 1.29 is 38.2 Å². The van der Waals surface area contributed by atoms with Crippen molar-refractivity contribution in [1.29, 1.82) is 0 Å². The lowest BCUT2D eigenvalue weighted by Gasteiger charge is -2.09. The van der Waals surface area contributed by atoms with Crippen LogP contribution in [0, 0.1) is 6.92 Å². The lowest BCUT2D eigenvalue weighted by Crippen LogP contribution is -2.24. The Kier molecular flexibility index (Phi) is 9.10. The molecular formula is C22H24N2O8S. The predicted octanol–water partition coefficient (Wildman–Crippen LogP) is 2.31. The number of esters is 2. The van der Waals surface area contributed by atoms with Crippen LogP contribution in [-0.2, 0) is 19.1 Å². The highest BCUT2D eigenvalue weighted by Gasteiger charge is 2.27. The maximum absolute atomic E-state index is 12.4. The number of amides is 2. The molecule has 1 aromatic heterocycles. The lowest BCUT2D eigenvalue weighted by molar-refractivity contribution is -0.149. The summed E-state index contributed by atoms with van der Waals surface area (Å²) in [5.41, 5.74) is 0.926. The van der Waals surface area contributed by atoms with E-state index >= 15 is 0 Å². The third kappa shape index (κ3) is 6.88. The molecule has 0 aliphatic heterocycles. The Bertz CT molecular complexity index is 1040. The van der Waals surface area contributed by atoms with Crippen LogP contribution in [0.4, 0.5) is 5.00 Å². The monoisotopic (exact) mass is 476 g/mol. The van der Waals surface area contributed by atoms with E-state index < -0.39 is 31.1 Å². The summed E-state index contributed by atoms with van der Waals surface area (Å²) in [6.07, 6.45) is 0.679. The molecule has 11 heteroatoms. The minimum atomic E-state index is -0.791. The number of hydrogen-bond acceptors (Lipinski definition) is 9. The van der Waals surface area contributed by atoms with Gasteiger partial charge < -0.3 is 24.4 Å². The summed E-state index contributed by atoms with van der Waals surface area (Å²) in [6.45, 7) is 2.29. The number of hydrogen-bond donors (Lipinski definition) is 1. The first kappa shape index (κ1) is 25.5. The Hall–Kier alpha value is -3.73. The number of rotatable bonds is 10. The average molecular weight is 477 g/mol. The van der Waals surface area contributed by atoms with Crippen molar-refractivity contribution in [3.05, 3.63) is 45.8 Å². The fraction of sp³-hybridized carbons (Fsp3) is 0.318. The molecule has 0 fully saturated rings. The van der Waals surface area contributed by atoms with E-state index in [2.05, 4.69) is 5.32 Å².